The number of benzene rings is 1. The van der Waals surface area contributed by atoms with E-state index >= 15 is 4.39 Å². The van der Waals surface area contributed by atoms with E-state index in [1.807, 2.05) is 18.2 Å². The number of carbonyl (C=O) groups is 4. The standard InChI is InChI=1S/C42H53FN4O8S/c1-39(2,3)54-32(48)21-26-11-8-6-5-7-9-12-27-22-42(27,38(51)46-56(52,53)40(4)19-20-40)45-36(49)31-23-41(24-47(31)37(26)50)18-17-29-28-13-10-14-30(43)34(28)44-33(25-15-16-25)35(29)55-41/h9-10,12-14,25-27,31H,5-8,11,15-24H2,1-4H3,(H,45,49)(H,46,51)/b12-9-/t26-,27?,31?,41-,42?/m1/s1. The number of ether oxygens (including phenoxy) is 2. The minimum Gasteiger partial charge on any atom is -0.483 e. The van der Waals surface area contributed by atoms with Crippen LogP contribution in [-0.4, -0.2) is 76.1 Å². The zero-order valence-electron chi connectivity index (χ0n) is 32.7. The number of esters is 1. The lowest BCUT2D eigenvalue weighted by molar-refractivity contribution is -0.159. The fourth-order valence-electron chi connectivity index (χ4n) is 8.89. The third-order valence-corrected chi connectivity index (χ3v) is 14.9. The highest BCUT2D eigenvalue weighted by Crippen LogP contribution is 2.52. The number of nitrogens with zero attached hydrogens (tertiary/aromatic N) is 2. The molecule has 3 aliphatic carbocycles. The number of aromatic nitrogens is 1. The summed E-state index contributed by atoms with van der Waals surface area (Å²) < 4.78 is 55.4. The quantitative estimate of drug-likeness (QED) is 0.278. The Morgan fingerprint density at radius 3 is 2.57 bits per heavy atom. The molecular weight excluding hydrogens is 740 g/mol. The van der Waals surface area contributed by atoms with Gasteiger partial charge in [0.15, 0.2) is 0 Å². The number of para-hydroxylation sites is 1. The van der Waals surface area contributed by atoms with Crippen LogP contribution in [0.15, 0.2) is 30.4 Å². The van der Waals surface area contributed by atoms with Crippen molar-refractivity contribution in [2.45, 2.75) is 151 Å². The summed E-state index contributed by atoms with van der Waals surface area (Å²) in [6, 6.07) is 3.81. The molecule has 4 fully saturated rings. The molecule has 4 heterocycles. The number of hydrogen-bond donors (Lipinski definition) is 2. The molecule has 1 aromatic heterocycles. The molecule has 14 heteroatoms. The van der Waals surface area contributed by atoms with Gasteiger partial charge in [-0.05, 0) is 98.0 Å². The highest BCUT2D eigenvalue weighted by Gasteiger charge is 2.64. The van der Waals surface area contributed by atoms with Crippen LogP contribution < -0.4 is 14.8 Å². The van der Waals surface area contributed by atoms with E-state index in [4.69, 9.17) is 14.5 Å². The lowest BCUT2D eigenvalue weighted by atomic mass is 9.86. The SMILES string of the molecule is CC(C)(C)OC(=O)C[C@H]1CCCCC/C=C\C2CC2(C(=O)NS(=O)(=O)C2(C)CC2)NC(=O)C2C[C@]3(CCc4c(c(C5CC5)nc5c(F)cccc45)O3)CN2C1=O. The highest BCUT2D eigenvalue weighted by molar-refractivity contribution is 7.91. The van der Waals surface area contributed by atoms with Crippen molar-refractivity contribution >= 4 is 44.6 Å². The van der Waals surface area contributed by atoms with Crippen LogP contribution in [0.25, 0.3) is 10.9 Å². The van der Waals surface area contributed by atoms with E-state index in [1.54, 1.807) is 33.8 Å². The van der Waals surface area contributed by atoms with Gasteiger partial charge in [0, 0.05) is 35.1 Å². The summed E-state index contributed by atoms with van der Waals surface area (Å²) in [6.45, 7) is 6.97. The molecule has 56 heavy (non-hydrogen) atoms. The molecule has 5 atom stereocenters. The number of allylic oxidation sites excluding steroid dienone is 1. The van der Waals surface area contributed by atoms with Gasteiger partial charge in [-0.3, -0.25) is 23.9 Å². The zero-order chi connectivity index (χ0) is 39.8. The Labute approximate surface area is 327 Å². The van der Waals surface area contributed by atoms with Crippen molar-refractivity contribution in [1.82, 2.24) is 19.9 Å². The maximum Gasteiger partial charge on any atom is 0.307 e. The first-order valence-electron chi connectivity index (χ1n) is 20.3. The minimum absolute atomic E-state index is 0.0503. The lowest BCUT2D eigenvalue weighted by Crippen LogP contribution is -2.57. The van der Waals surface area contributed by atoms with Crippen LogP contribution in [0, 0.1) is 17.7 Å². The predicted molar refractivity (Wildman–Crippen MR) is 205 cm³/mol. The monoisotopic (exact) mass is 792 g/mol. The summed E-state index contributed by atoms with van der Waals surface area (Å²) in [5, 5.41) is 3.63. The van der Waals surface area contributed by atoms with Gasteiger partial charge in [0.1, 0.15) is 39.9 Å². The van der Waals surface area contributed by atoms with E-state index in [0.717, 1.165) is 31.2 Å². The smallest absolute Gasteiger partial charge is 0.307 e. The minimum atomic E-state index is -4.00. The van der Waals surface area contributed by atoms with Gasteiger partial charge in [0.05, 0.1) is 23.4 Å². The van der Waals surface area contributed by atoms with Crippen molar-refractivity contribution in [3.8, 4) is 5.75 Å². The number of rotatable bonds is 6. The van der Waals surface area contributed by atoms with E-state index in [1.165, 1.54) is 11.0 Å². The molecule has 3 amide bonds. The molecule has 8 rings (SSSR count). The van der Waals surface area contributed by atoms with E-state index in [-0.39, 0.29) is 37.6 Å². The summed E-state index contributed by atoms with van der Waals surface area (Å²) in [6.07, 6.45) is 11.0. The average molecular weight is 793 g/mol. The molecule has 12 nitrogen and oxygen atoms in total. The Hall–Kier alpha value is -4.07. The van der Waals surface area contributed by atoms with Crippen molar-refractivity contribution in [2.24, 2.45) is 11.8 Å². The molecule has 0 bridgehead atoms. The second-order valence-electron chi connectivity index (χ2n) is 18.4. The number of halogens is 1. The van der Waals surface area contributed by atoms with Crippen LogP contribution in [0.1, 0.15) is 128 Å². The van der Waals surface area contributed by atoms with Crippen LogP contribution in [-0.2, 0) is 40.4 Å². The summed E-state index contributed by atoms with van der Waals surface area (Å²) in [5.41, 5.74) is -1.43. The van der Waals surface area contributed by atoms with Crippen LogP contribution in [0.3, 0.4) is 0 Å². The number of hydrogen-bond acceptors (Lipinski definition) is 9. The Morgan fingerprint density at radius 1 is 1.09 bits per heavy atom. The number of amides is 3. The predicted octanol–water partition coefficient (Wildman–Crippen LogP) is 5.66. The van der Waals surface area contributed by atoms with Gasteiger partial charge >= 0.3 is 5.97 Å². The molecule has 2 aromatic rings. The largest absolute Gasteiger partial charge is 0.483 e. The number of pyridine rings is 1. The van der Waals surface area contributed by atoms with Crippen molar-refractivity contribution in [2.75, 3.05) is 6.54 Å². The molecule has 0 radical (unpaired) electrons. The van der Waals surface area contributed by atoms with Crippen LogP contribution in [0.2, 0.25) is 0 Å². The first kappa shape index (κ1) is 38.8. The molecule has 3 saturated carbocycles. The van der Waals surface area contributed by atoms with Gasteiger partial charge in [-0.15, -0.1) is 0 Å². The van der Waals surface area contributed by atoms with Gasteiger partial charge in [-0.2, -0.15) is 0 Å². The Bertz CT molecular complexity index is 2130. The molecule has 1 saturated heterocycles. The molecule has 2 N–H and O–H groups in total. The second kappa shape index (κ2) is 13.8. The van der Waals surface area contributed by atoms with Gasteiger partial charge in [-0.25, -0.2) is 17.8 Å². The van der Waals surface area contributed by atoms with Gasteiger partial charge < -0.3 is 19.7 Å². The number of carbonyl (C=O) groups excluding carboxylic acids is 4. The van der Waals surface area contributed by atoms with E-state index in [9.17, 15) is 27.6 Å². The van der Waals surface area contributed by atoms with E-state index in [0.29, 0.717) is 67.3 Å². The van der Waals surface area contributed by atoms with Crippen LogP contribution in [0.5, 0.6) is 5.75 Å². The fourth-order valence-corrected chi connectivity index (χ4v) is 10.2. The van der Waals surface area contributed by atoms with Gasteiger partial charge in [0.25, 0.3) is 5.91 Å². The van der Waals surface area contributed by atoms with Crippen molar-refractivity contribution in [3.05, 3.63) is 47.4 Å². The topological polar surface area (TPSA) is 161 Å². The van der Waals surface area contributed by atoms with E-state index in [2.05, 4.69) is 10.0 Å². The van der Waals surface area contributed by atoms with E-state index < -0.39 is 73.0 Å². The molecule has 3 aliphatic heterocycles. The number of nitrogens with one attached hydrogen (secondary N) is 2. The van der Waals surface area contributed by atoms with Crippen LogP contribution >= 0.6 is 0 Å². The van der Waals surface area contributed by atoms with Gasteiger partial charge in [-0.1, -0.05) is 37.1 Å². The normalized spacial score (nSPS) is 30.8. The number of aryl methyl sites for hydroxylation is 1. The fraction of sp³-hybridized carbons (Fsp3) is 0.643. The first-order valence-corrected chi connectivity index (χ1v) is 21.8. The zero-order valence-corrected chi connectivity index (χ0v) is 33.6. The van der Waals surface area contributed by atoms with Crippen molar-refractivity contribution in [3.63, 3.8) is 0 Å². The Kier molecular flexibility index (Phi) is 9.56. The third-order valence-electron chi connectivity index (χ3n) is 12.7. The lowest BCUT2D eigenvalue weighted by Gasteiger charge is -2.37. The molecule has 1 spiro atoms. The summed E-state index contributed by atoms with van der Waals surface area (Å²) >= 11 is 0. The summed E-state index contributed by atoms with van der Waals surface area (Å²) in [5.74, 6) is -3.14. The Morgan fingerprint density at radius 2 is 1.86 bits per heavy atom. The number of sulfonamides is 1. The summed E-state index contributed by atoms with van der Waals surface area (Å²) in [4.78, 5) is 63.1. The van der Waals surface area contributed by atoms with Crippen molar-refractivity contribution in [1.29, 1.82) is 0 Å². The molecular formula is C42H53FN4O8S. The van der Waals surface area contributed by atoms with Crippen molar-refractivity contribution < 1.29 is 41.5 Å². The second-order valence-corrected chi connectivity index (χ2v) is 20.6. The maximum atomic E-state index is 15.1. The third kappa shape index (κ3) is 7.30. The molecule has 3 unspecified atom stereocenters. The maximum absolute atomic E-state index is 15.1. The average Bonchev–Trinajstić information content (AvgIpc) is 4.06. The highest BCUT2D eigenvalue weighted by atomic mass is 32.2. The molecule has 1 aromatic carbocycles. The number of fused-ring (bicyclic) bond motifs is 5. The van der Waals surface area contributed by atoms with Gasteiger partial charge in [0.2, 0.25) is 21.8 Å². The Balaban J connectivity index is 1.15. The van der Waals surface area contributed by atoms with Crippen LogP contribution in [0.4, 0.5) is 4.39 Å². The molecule has 302 valence electrons. The molecule has 6 aliphatic rings. The summed E-state index contributed by atoms with van der Waals surface area (Å²) in [7, 11) is -4.00. The first-order chi connectivity index (χ1) is 26.4.